The maximum Gasteiger partial charge on any atom is 0.0757 e. The third-order valence-electron chi connectivity index (χ3n) is 5.38. The minimum absolute atomic E-state index is 0.756. The Hall–Kier alpha value is -2.42. The Morgan fingerprint density at radius 3 is 2.58 bits per heavy atom. The predicted molar refractivity (Wildman–Crippen MR) is 110 cm³/mol. The Balaban J connectivity index is 1.88. The van der Waals surface area contributed by atoms with Gasteiger partial charge in [-0.25, -0.2) is 4.98 Å². The summed E-state index contributed by atoms with van der Waals surface area (Å²) in [6.07, 6.45) is 1.06. The summed E-state index contributed by atoms with van der Waals surface area (Å²) in [5, 5.41) is 4.67. The molecule has 0 fully saturated rings. The van der Waals surface area contributed by atoms with Gasteiger partial charge in [-0.15, -0.1) is 0 Å². The highest BCUT2D eigenvalue weighted by Gasteiger charge is 2.22. The number of aromatic nitrogens is 1. The molecule has 0 bridgehead atoms. The minimum atomic E-state index is 0.756. The van der Waals surface area contributed by atoms with Crippen LogP contribution in [0.1, 0.15) is 11.1 Å². The Labute approximate surface area is 158 Å². The van der Waals surface area contributed by atoms with Crippen LogP contribution in [0, 0.1) is 0 Å². The lowest BCUT2D eigenvalue weighted by Crippen LogP contribution is -2.27. The number of hydrogen-bond acceptors (Lipinski definition) is 2. The van der Waals surface area contributed by atoms with Gasteiger partial charge in [0.1, 0.15) is 0 Å². The minimum Gasteiger partial charge on any atom is -0.302 e. The SMILES string of the molecule is CN1CCc2c(c(-c3ccc(Cl)cc3)nc3ccc4ccccc4c23)C1. The summed E-state index contributed by atoms with van der Waals surface area (Å²) in [4.78, 5) is 7.48. The molecular weight excluding hydrogens is 340 g/mol. The van der Waals surface area contributed by atoms with Crippen LogP contribution in [0.2, 0.25) is 5.02 Å². The van der Waals surface area contributed by atoms with Crippen molar-refractivity contribution in [3.63, 3.8) is 0 Å². The first-order chi connectivity index (χ1) is 12.7. The number of rotatable bonds is 1. The van der Waals surface area contributed by atoms with Crippen LogP contribution in [0.25, 0.3) is 32.9 Å². The average molecular weight is 359 g/mol. The third kappa shape index (κ3) is 2.49. The molecule has 0 radical (unpaired) electrons. The highest BCUT2D eigenvalue weighted by Crippen LogP contribution is 2.37. The number of fused-ring (bicyclic) bond motifs is 5. The largest absolute Gasteiger partial charge is 0.302 e. The topological polar surface area (TPSA) is 16.1 Å². The van der Waals surface area contributed by atoms with E-state index in [1.165, 1.54) is 27.3 Å². The van der Waals surface area contributed by atoms with Crippen molar-refractivity contribution in [1.82, 2.24) is 9.88 Å². The van der Waals surface area contributed by atoms with Crippen molar-refractivity contribution in [2.24, 2.45) is 0 Å². The first-order valence-corrected chi connectivity index (χ1v) is 9.36. The first kappa shape index (κ1) is 15.8. The number of likely N-dealkylation sites (N-methyl/N-ethyl adjacent to an activating group) is 1. The van der Waals surface area contributed by atoms with E-state index in [1.807, 2.05) is 12.1 Å². The lowest BCUT2D eigenvalue weighted by atomic mass is 9.90. The van der Waals surface area contributed by atoms with Crippen LogP contribution in [0.15, 0.2) is 60.7 Å². The van der Waals surface area contributed by atoms with Gasteiger partial charge in [0, 0.05) is 29.1 Å². The van der Waals surface area contributed by atoms with Crippen molar-refractivity contribution in [2.75, 3.05) is 13.6 Å². The van der Waals surface area contributed by atoms with Crippen LogP contribution in [0.4, 0.5) is 0 Å². The van der Waals surface area contributed by atoms with Gasteiger partial charge in [0.05, 0.1) is 11.2 Å². The van der Waals surface area contributed by atoms with Crippen molar-refractivity contribution >= 4 is 33.3 Å². The zero-order valence-electron chi connectivity index (χ0n) is 14.7. The monoisotopic (exact) mass is 358 g/mol. The first-order valence-electron chi connectivity index (χ1n) is 8.98. The summed E-state index contributed by atoms with van der Waals surface area (Å²) < 4.78 is 0. The smallest absolute Gasteiger partial charge is 0.0757 e. The fraction of sp³-hybridized carbons (Fsp3) is 0.174. The Morgan fingerprint density at radius 2 is 1.73 bits per heavy atom. The molecule has 2 heterocycles. The number of pyridine rings is 1. The van der Waals surface area contributed by atoms with E-state index in [2.05, 4.69) is 60.5 Å². The summed E-state index contributed by atoms with van der Waals surface area (Å²) in [6, 6.07) is 21.0. The molecule has 0 atom stereocenters. The van der Waals surface area contributed by atoms with Crippen LogP contribution >= 0.6 is 11.6 Å². The molecule has 2 nitrogen and oxygen atoms in total. The molecule has 1 aliphatic rings. The maximum atomic E-state index is 6.10. The Bertz CT molecular complexity index is 1130. The lowest BCUT2D eigenvalue weighted by Gasteiger charge is -2.28. The van der Waals surface area contributed by atoms with Crippen LogP contribution in [-0.4, -0.2) is 23.5 Å². The van der Waals surface area contributed by atoms with E-state index in [0.717, 1.165) is 41.3 Å². The van der Waals surface area contributed by atoms with E-state index in [9.17, 15) is 0 Å². The van der Waals surface area contributed by atoms with E-state index < -0.39 is 0 Å². The number of halogens is 1. The molecule has 26 heavy (non-hydrogen) atoms. The molecular formula is C23H19ClN2. The van der Waals surface area contributed by atoms with E-state index in [4.69, 9.17) is 16.6 Å². The van der Waals surface area contributed by atoms with Crippen LogP contribution in [0.3, 0.4) is 0 Å². The molecule has 0 unspecified atom stereocenters. The quantitative estimate of drug-likeness (QED) is 0.406. The molecule has 128 valence electrons. The van der Waals surface area contributed by atoms with Gasteiger partial charge >= 0.3 is 0 Å². The molecule has 3 aromatic carbocycles. The molecule has 1 aliphatic heterocycles. The van der Waals surface area contributed by atoms with Crippen molar-refractivity contribution in [1.29, 1.82) is 0 Å². The van der Waals surface area contributed by atoms with Crippen LogP contribution in [0.5, 0.6) is 0 Å². The fourth-order valence-corrected chi connectivity index (χ4v) is 4.22. The fourth-order valence-electron chi connectivity index (χ4n) is 4.10. The highest BCUT2D eigenvalue weighted by atomic mass is 35.5. The summed E-state index contributed by atoms with van der Waals surface area (Å²) in [6.45, 7) is 2.01. The van der Waals surface area contributed by atoms with E-state index >= 15 is 0 Å². The van der Waals surface area contributed by atoms with Crippen molar-refractivity contribution in [3.05, 3.63) is 76.8 Å². The molecule has 0 spiro atoms. The average Bonchev–Trinajstić information content (AvgIpc) is 2.67. The molecule has 4 aromatic rings. The second-order valence-electron chi connectivity index (χ2n) is 7.09. The highest BCUT2D eigenvalue weighted by molar-refractivity contribution is 6.30. The molecule has 0 N–H and O–H groups in total. The number of benzene rings is 3. The zero-order valence-corrected chi connectivity index (χ0v) is 15.4. The Kier molecular flexibility index (Phi) is 3.70. The second-order valence-corrected chi connectivity index (χ2v) is 7.53. The van der Waals surface area contributed by atoms with Gasteiger partial charge in [0.25, 0.3) is 0 Å². The van der Waals surface area contributed by atoms with Crippen LogP contribution < -0.4 is 0 Å². The molecule has 1 aromatic heterocycles. The van der Waals surface area contributed by atoms with E-state index in [0.29, 0.717) is 0 Å². The summed E-state index contributed by atoms with van der Waals surface area (Å²) >= 11 is 6.10. The van der Waals surface area contributed by atoms with Crippen molar-refractivity contribution in [2.45, 2.75) is 13.0 Å². The zero-order chi connectivity index (χ0) is 17.7. The predicted octanol–water partition coefficient (Wildman–Crippen LogP) is 5.70. The number of hydrogen-bond donors (Lipinski definition) is 0. The Morgan fingerprint density at radius 1 is 0.923 bits per heavy atom. The van der Waals surface area contributed by atoms with Crippen LogP contribution in [-0.2, 0) is 13.0 Å². The van der Waals surface area contributed by atoms with Gasteiger partial charge in [0.2, 0.25) is 0 Å². The molecule has 0 saturated carbocycles. The third-order valence-corrected chi connectivity index (χ3v) is 5.63. The molecule has 0 saturated heterocycles. The van der Waals surface area contributed by atoms with E-state index in [-0.39, 0.29) is 0 Å². The van der Waals surface area contributed by atoms with Gasteiger partial charge in [-0.05, 0) is 53.6 Å². The van der Waals surface area contributed by atoms with Gasteiger partial charge in [-0.3, -0.25) is 0 Å². The van der Waals surface area contributed by atoms with Gasteiger partial charge in [0.15, 0.2) is 0 Å². The normalized spacial score (nSPS) is 14.7. The van der Waals surface area contributed by atoms with Gasteiger partial charge < -0.3 is 4.90 Å². The molecule has 5 rings (SSSR count). The molecule has 0 aliphatic carbocycles. The summed E-state index contributed by atoms with van der Waals surface area (Å²) in [7, 11) is 2.18. The summed E-state index contributed by atoms with van der Waals surface area (Å²) in [5.74, 6) is 0. The standard InChI is InChI=1S/C23H19ClN2/c1-26-13-12-19-20(14-26)23(16-6-9-17(24)10-7-16)25-21-11-8-15-4-2-3-5-18(15)22(19)21/h2-11H,12-14H2,1H3. The summed E-state index contributed by atoms with van der Waals surface area (Å²) in [5.41, 5.74) is 6.11. The number of nitrogens with zero attached hydrogens (tertiary/aromatic N) is 2. The second kappa shape index (κ2) is 6.08. The molecule has 0 amide bonds. The van der Waals surface area contributed by atoms with Crippen molar-refractivity contribution in [3.8, 4) is 11.3 Å². The van der Waals surface area contributed by atoms with E-state index in [1.54, 1.807) is 0 Å². The van der Waals surface area contributed by atoms with Gasteiger partial charge in [-0.1, -0.05) is 54.1 Å². The molecule has 3 heteroatoms. The maximum absolute atomic E-state index is 6.10. The lowest BCUT2D eigenvalue weighted by molar-refractivity contribution is 0.314. The van der Waals surface area contributed by atoms with Gasteiger partial charge in [-0.2, -0.15) is 0 Å². The van der Waals surface area contributed by atoms with Crippen molar-refractivity contribution < 1.29 is 0 Å².